The Hall–Kier alpha value is -1.67. The third-order valence-corrected chi connectivity index (χ3v) is 11.4. The highest BCUT2D eigenvalue weighted by Crippen LogP contribution is 2.71. The number of hydrogen-bond donors (Lipinski definition) is 3. The number of Topliss-reactive ketones (excluding diaryl/α,β-unsaturated/α-hetero) is 1. The Morgan fingerprint density at radius 2 is 1.78 bits per heavy atom. The molecule has 4 rings (SSSR count). The number of hydrogen-bond acceptors (Lipinski definition) is 6. The number of ketones is 2. The molecule has 4 aliphatic carbocycles. The summed E-state index contributed by atoms with van der Waals surface area (Å²) >= 11 is 1.34. The van der Waals surface area contributed by atoms with E-state index in [0.717, 1.165) is 25.7 Å². The fraction of sp³-hybridized carbons (Fsp3) is 0.786. The first-order valence-electron chi connectivity index (χ1n) is 13.4. The molecule has 8 heteroatoms. The van der Waals surface area contributed by atoms with E-state index in [1.54, 1.807) is 0 Å². The van der Waals surface area contributed by atoms with E-state index in [2.05, 4.69) is 13.8 Å². The predicted molar refractivity (Wildman–Crippen MR) is 137 cm³/mol. The van der Waals surface area contributed by atoms with Crippen LogP contribution in [0.4, 0.5) is 0 Å². The van der Waals surface area contributed by atoms with Gasteiger partial charge in [-0.25, -0.2) is 0 Å². The van der Waals surface area contributed by atoms with Crippen LogP contribution in [0.5, 0.6) is 0 Å². The van der Waals surface area contributed by atoms with Gasteiger partial charge in [-0.05, 0) is 86.0 Å². The molecule has 0 spiro atoms. The van der Waals surface area contributed by atoms with Crippen LogP contribution < -0.4 is 0 Å². The van der Waals surface area contributed by atoms with Gasteiger partial charge < -0.3 is 15.3 Å². The molecule has 0 aromatic heterocycles. The molecule has 4 aliphatic rings. The van der Waals surface area contributed by atoms with Gasteiger partial charge in [0.15, 0.2) is 5.78 Å². The fourth-order valence-electron chi connectivity index (χ4n) is 8.82. The average molecular weight is 521 g/mol. The fourth-order valence-corrected chi connectivity index (χ4v) is 9.74. The zero-order valence-corrected chi connectivity index (χ0v) is 22.3. The highest BCUT2D eigenvalue weighted by atomic mass is 32.2. The standard InChI is InChI=1S/C28H40O7S/c1-26-11-7-18(29)14-17(26)5-6-19-20-8-12-28(10-3-4-23(32)33,22(31)16-36-13-9-24(34)35)27(20,2)15-21(30)25(19)26/h14,19-21,25,30H,3-13,15-16H2,1-2H3,(H,32,33)(H,34,35)/t19?,20?,21-,25?,26-,27-,28+/m0/s1. The van der Waals surface area contributed by atoms with Crippen molar-refractivity contribution < 1.29 is 34.5 Å². The van der Waals surface area contributed by atoms with Crippen LogP contribution in [0.2, 0.25) is 0 Å². The first-order chi connectivity index (χ1) is 16.9. The molecule has 36 heavy (non-hydrogen) atoms. The number of carboxylic acid groups (broad SMARTS) is 2. The second-order valence-electron chi connectivity index (χ2n) is 12.1. The van der Waals surface area contributed by atoms with Gasteiger partial charge in [0, 0.05) is 24.0 Å². The Kier molecular flexibility index (Phi) is 7.78. The third-order valence-electron chi connectivity index (χ3n) is 10.5. The summed E-state index contributed by atoms with van der Waals surface area (Å²) in [7, 11) is 0. The normalized spacial score (nSPS) is 39.5. The minimum absolute atomic E-state index is 0.00323. The molecule has 0 aromatic carbocycles. The lowest BCUT2D eigenvalue weighted by atomic mass is 9.43. The van der Waals surface area contributed by atoms with Crippen molar-refractivity contribution >= 4 is 35.3 Å². The first kappa shape index (κ1) is 27.4. The molecule has 7 nitrogen and oxygen atoms in total. The van der Waals surface area contributed by atoms with E-state index >= 15 is 0 Å². The zero-order valence-electron chi connectivity index (χ0n) is 21.5. The van der Waals surface area contributed by atoms with Crippen molar-refractivity contribution in [3.05, 3.63) is 11.6 Å². The number of aliphatic hydroxyl groups is 1. The van der Waals surface area contributed by atoms with E-state index in [1.807, 2.05) is 6.08 Å². The van der Waals surface area contributed by atoms with Gasteiger partial charge in [-0.3, -0.25) is 19.2 Å². The molecule has 0 heterocycles. The van der Waals surface area contributed by atoms with E-state index in [4.69, 9.17) is 5.11 Å². The molecule has 3 fully saturated rings. The zero-order chi connectivity index (χ0) is 26.3. The van der Waals surface area contributed by atoms with Crippen LogP contribution >= 0.6 is 11.8 Å². The van der Waals surface area contributed by atoms with Crippen molar-refractivity contribution in [2.45, 2.75) is 90.6 Å². The number of carbonyl (C=O) groups excluding carboxylic acids is 2. The van der Waals surface area contributed by atoms with Crippen molar-refractivity contribution in [3.63, 3.8) is 0 Å². The largest absolute Gasteiger partial charge is 0.481 e. The molecular weight excluding hydrogens is 480 g/mol. The maximum atomic E-state index is 13.9. The van der Waals surface area contributed by atoms with Gasteiger partial charge in [0.05, 0.1) is 18.3 Å². The Morgan fingerprint density at radius 1 is 1.06 bits per heavy atom. The van der Waals surface area contributed by atoms with Crippen LogP contribution in [0.3, 0.4) is 0 Å². The summed E-state index contributed by atoms with van der Waals surface area (Å²) in [6.45, 7) is 4.37. The molecule has 0 radical (unpaired) electrons. The van der Waals surface area contributed by atoms with Gasteiger partial charge in [-0.15, -0.1) is 0 Å². The van der Waals surface area contributed by atoms with Gasteiger partial charge >= 0.3 is 11.9 Å². The third kappa shape index (κ3) is 4.57. The molecular formula is C28H40O7S. The summed E-state index contributed by atoms with van der Waals surface area (Å²) in [5, 5.41) is 29.9. The minimum atomic E-state index is -0.885. The van der Waals surface area contributed by atoms with E-state index < -0.39 is 28.9 Å². The number of allylic oxidation sites excluding steroid dienone is 1. The Bertz CT molecular complexity index is 960. The van der Waals surface area contributed by atoms with Gasteiger partial charge in [0.1, 0.15) is 5.78 Å². The van der Waals surface area contributed by atoms with Crippen LogP contribution in [0, 0.1) is 34.0 Å². The lowest BCUT2D eigenvalue weighted by Crippen LogP contribution is -2.59. The summed E-state index contributed by atoms with van der Waals surface area (Å²) in [5.74, 6) is -0.301. The number of aliphatic carboxylic acids is 2. The second kappa shape index (κ2) is 10.2. The van der Waals surface area contributed by atoms with Crippen LogP contribution in [0.1, 0.15) is 84.5 Å². The van der Waals surface area contributed by atoms with E-state index in [1.165, 1.54) is 17.3 Å². The summed E-state index contributed by atoms with van der Waals surface area (Å²) in [6, 6.07) is 0. The Labute approximate surface area is 217 Å². The van der Waals surface area contributed by atoms with E-state index in [-0.39, 0.29) is 53.3 Å². The molecule has 3 saturated carbocycles. The predicted octanol–water partition coefficient (Wildman–Crippen LogP) is 4.51. The maximum absolute atomic E-state index is 13.9. The number of carbonyl (C=O) groups is 4. The summed E-state index contributed by atoms with van der Waals surface area (Å²) in [6.07, 6.45) is 7.30. The monoisotopic (exact) mass is 520 g/mol. The molecule has 0 amide bonds. The average Bonchev–Trinajstić information content (AvgIpc) is 3.09. The van der Waals surface area contributed by atoms with Crippen LogP contribution in [0.15, 0.2) is 11.6 Å². The SMILES string of the molecule is C[C@]12CCC(=O)C=C1CCC1C2[C@@H](O)C[C@@]2(C)C1CC[C@]2(CCCC(=O)O)C(=O)CSCCC(=O)O. The molecule has 3 unspecified atom stereocenters. The lowest BCUT2D eigenvalue weighted by molar-refractivity contribution is -0.161. The van der Waals surface area contributed by atoms with Crippen molar-refractivity contribution in [2.75, 3.05) is 11.5 Å². The second-order valence-corrected chi connectivity index (χ2v) is 13.2. The number of carboxylic acids is 2. The van der Waals surface area contributed by atoms with Gasteiger partial charge in [-0.2, -0.15) is 11.8 Å². The number of aliphatic hydroxyl groups excluding tert-OH is 1. The van der Waals surface area contributed by atoms with Crippen molar-refractivity contribution in [2.24, 2.45) is 34.0 Å². The molecule has 0 aliphatic heterocycles. The van der Waals surface area contributed by atoms with Gasteiger partial charge in [0.2, 0.25) is 0 Å². The smallest absolute Gasteiger partial charge is 0.304 e. The Balaban J connectivity index is 1.62. The molecule has 0 aromatic rings. The first-order valence-corrected chi connectivity index (χ1v) is 14.6. The summed E-state index contributed by atoms with van der Waals surface area (Å²) in [4.78, 5) is 48.3. The number of rotatable bonds is 10. The van der Waals surface area contributed by atoms with E-state index in [9.17, 15) is 29.4 Å². The quantitative estimate of drug-likeness (QED) is 0.359. The lowest BCUT2D eigenvalue weighted by Gasteiger charge is -2.61. The summed E-state index contributed by atoms with van der Waals surface area (Å²) in [5.41, 5.74) is -0.143. The minimum Gasteiger partial charge on any atom is -0.481 e. The molecule has 200 valence electrons. The summed E-state index contributed by atoms with van der Waals surface area (Å²) < 4.78 is 0. The van der Waals surface area contributed by atoms with Crippen LogP contribution in [0.25, 0.3) is 0 Å². The van der Waals surface area contributed by atoms with Gasteiger partial charge in [-0.1, -0.05) is 19.4 Å². The topological polar surface area (TPSA) is 129 Å². The molecule has 3 N–H and O–H groups in total. The highest BCUT2D eigenvalue weighted by Gasteiger charge is 2.67. The van der Waals surface area contributed by atoms with Crippen LogP contribution in [-0.2, 0) is 19.2 Å². The van der Waals surface area contributed by atoms with Crippen LogP contribution in [-0.4, -0.2) is 56.4 Å². The molecule has 7 atom stereocenters. The number of thioether (sulfide) groups is 1. The molecule has 0 bridgehead atoms. The highest BCUT2D eigenvalue weighted by molar-refractivity contribution is 7.99. The van der Waals surface area contributed by atoms with E-state index in [0.29, 0.717) is 37.9 Å². The van der Waals surface area contributed by atoms with Crippen molar-refractivity contribution in [1.82, 2.24) is 0 Å². The van der Waals surface area contributed by atoms with Crippen molar-refractivity contribution in [1.29, 1.82) is 0 Å². The number of fused-ring (bicyclic) bond motifs is 5. The van der Waals surface area contributed by atoms with Gasteiger partial charge in [0.25, 0.3) is 0 Å². The van der Waals surface area contributed by atoms with Crippen molar-refractivity contribution in [3.8, 4) is 0 Å². The Morgan fingerprint density at radius 3 is 2.47 bits per heavy atom. The maximum Gasteiger partial charge on any atom is 0.304 e. The molecule has 0 saturated heterocycles.